The van der Waals surface area contributed by atoms with E-state index < -0.39 is 5.91 Å². The molecule has 2 aromatic carbocycles. The Balaban J connectivity index is 1.67. The largest absolute Gasteiger partial charge is 0.330 e. The first-order valence-electron chi connectivity index (χ1n) is 9.34. The highest BCUT2D eigenvalue weighted by Gasteiger charge is 2.23. The maximum atomic E-state index is 12.8. The summed E-state index contributed by atoms with van der Waals surface area (Å²) >= 11 is 12.1. The lowest BCUT2D eigenvalue weighted by Crippen LogP contribution is -2.38. The molecule has 0 bridgehead atoms. The summed E-state index contributed by atoms with van der Waals surface area (Å²) in [6.07, 6.45) is 1.39. The second-order valence-corrected chi connectivity index (χ2v) is 7.47. The number of para-hydroxylation sites is 1. The Labute approximate surface area is 179 Å². The molecule has 0 spiro atoms. The number of carbonyl (C=O) groups is 3. The Morgan fingerprint density at radius 1 is 1.10 bits per heavy atom. The number of benzene rings is 2. The lowest BCUT2D eigenvalue weighted by Gasteiger charge is -2.21. The molecule has 8 heteroatoms. The van der Waals surface area contributed by atoms with Gasteiger partial charge in [0.1, 0.15) is 6.54 Å². The minimum absolute atomic E-state index is 0.0918. The molecule has 29 heavy (non-hydrogen) atoms. The molecule has 0 aromatic heterocycles. The zero-order valence-corrected chi connectivity index (χ0v) is 17.5. The van der Waals surface area contributed by atoms with Crippen LogP contribution < -0.4 is 10.2 Å². The fraction of sp³-hybridized carbons (Fsp3) is 0.286. The van der Waals surface area contributed by atoms with Crippen LogP contribution in [0.5, 0.6) is 0 Å². The molecule has 1 fully saturated rings. The Morgan fingerprint density at radius 3 is 2.31 bits per heavy atom. The van der Waals surface area contributed by atoms with Crippen LogP contribution in [0, 0.1) is 0 Å². The van der Waals surface area contributed by atoms with E-state index in [0.29, 0.717) is 40.8 Å². The highest BCUT2D eigenvalue weighted by molar-refractivity contribution is 6.39. The van der Waals surface area contributed by atoms with Crippen molar-refractivity contribution in [3.8, 4) is 0 Å². The van der Waals surface area contributed by atoms with Crippen molar-refractivity contribution in [1.82, 2.24) is 4.90 Å². The van der Waals surface area contributed by atoms with Crippen LogP contribution in [0.15, 0.2) is 42.5 Å². The lowest BCUT2D eigenvalue weighted by molar-refractivity contribution is -0.117. The van der Waals surface area contributed by atoms with Crippen molar-refractivity contribution in [1.29, 1.82) is 0 Å². The number of hydrogen-bond acceptors (Lipinski definition) is 3. The van der Waals surface area contributed by atoms with E-state index in [1.54, 1.807) is 54.3 Å². The first kappa shape index (κ1) is 21.1. The molecule has 3 amide bonds. The van der Waals surface area contributed by atoms with Crippen molar-refractivity contribution in [2.75, 3.05) is 29.9 Å². The van der Waals surface area contributed by atoms with Crippen LogP contribution in [0.3, 0.4) is 0 Å². The number of anilines is 2. The predicted molar refractivity (Wildman–Crippen MR) is 115 cm³/mol. The molecule has 6 nitrogen and oxygen atoms in total. The van der Waals surface area contributed by atoms with Gasteiger partial charge in [0.15, 0.2) is 0 Å². The molecular weight excluding hydrogens is 413 g/mol. The van der Waals surface area contributed by atoms with E-state index in [4.69, 9.17) is 23.2 Å². The van der Waals surface area contributed by atoms with Gasteiger partial charge < -0.3 is 15.1 Å². The number of carbonyl (C=O) groups excluding carboxylic acids is 3. The Hall–Kier alpha value is -2.57. The highest BCUT2D eigenvalue weighted by Crippen LogP contribution is 2.29. The molecule has 0 aliphatic carbocycles. The Kier molecular flexibility index (Phi) is 6.77. The third-order valence-corrected chi connectivity index (χ3v) is 5.36. The van der Waals surface area contributed by atoms with E-state index in [-0.39, 0.29) is 18.4 Å². The number of rotatable bonds is 6. The molecule has 1 aliphatic heterocycles. The topological polar surface area (TPSA) is 69.7 Å². The van der Waals surface area contributed by atoms with Crippen molar-refractivity contribution in [3.05, 3.63) is 58.1 Å². The predicted octanol–water partition coefficient (Wildman–Crippen LogP) is 4.22. The number of halogens is 2. The summed E-state index contributed by atoms with van der Waals surface area (Å²) in [6.45, 7) is 2.71. The van der Waals surface area contributed by atoms with Gasteiger partial charge in [0.25, 0.3) is 5.91 Å². The average Bonchev–Trinajstić information content (AvgIpc) is 3.14. The van der Waals surface area contributed by atoms with E-state index in [2.05, 4.69) is 5.32 Å². The second kappa shape index (κ2) is 9.29. The molecule has 2 aromatic rings. The maximum Gasteiger partial charge on any atom is 0.254 e. The van der Waals surface area contributed by atoms with Crippen LogP contribution >= 0.6 is 23.2 Å². The number of nitrogens with zero attached hydrogens (tertiary/aromatic N) is 2. The van der Waals surface area contributed by atoms with Gasteiger partial charge in [0, 0.05) is 30.8 Å². The normalized spacial score (nSPS) is 13.5. The van der Waals surface area contributed by atoms with Gasteiger partial charge in [0.2, 0.25) is 11.8 Å². The Bertz CT molecular complexity index is 911. The van der Waals surface area contributed by atoms with Crippen LogP contribution in [-0.2, 0) is 9.59 Å². The summed E-state index contributed by atoms with van der Waals surface area (Å²) in [6, 6.07) is 11.8. The quantitative estimate of drug-likeness (QED) is 0.740. The van der Waals surface area contributed by atoms with Gasteiger partial charge in [-0.3, -0.25) is 14.4 Å². The first-order chi connectivity index (χ1) is 13.9. The molecule has 1 N–H and O–H groups in total. The third-order valence-electron chi connectivity index (χ3n) is 4.73. The van der Waals surface area contributed by atoms with Crippen molar-refractivity contribution in [2.24, 2.45) is 0 Å². The molecule has 0 unspecified atom stereocenters. The fourth-order valence-corrected chi connectivity index (χ4v) is 3.68. The van der Waals surface area contributed by atoms with Gasteiger partial charge in [-0.2, -0.15) is 0 Å². The summed E-state index contributed by atoms with van der Waals surface area (Å²) in [5.41, 5.74) is 1.55. The van der Waals surface area contributed by atoms with Gasteiger partial charge in [-0.15, -0.1) is 0 Å². The van der Waals surface area contributed by atoms with Gasteiger partial charge >= 0.3 is 0 Å². The summed E-state index contributed by atoms with van der Waals surface area (Å²) in [4.78, 5) is 40.2. The lowest BCUT2D eigenvalue weighted by atomic mass is 10.1. The van der Waals surface area contributed by atoms with E-state index in [1.807, 2.05) is 0 Å². The zero-order valence-electron chi connectivity index (χ0n) is 16.0. The number of amides is 3. The molecule has 0 atom stereocenters. The standard InChI is InChI=1S/C21H21Cl2N3O3/c1-2-25(13-18(27)24-20-16(22)5-3-6-17(20)23)21(29)14-8-10-15(11-9-14)26-12-4-7-19(26)28/h3,5-6,8-11H,2,4,7,12-13H2,1H3,(H,24,27). The molecule has 1 heterocycles. The van der Waals surface area contributed by atoms with Crippen molar-refractivity contribution in [2.45, 2.75) is 19.8 Å². The second-order valence-electron chi connectivity index (χ2n) is 6.66. The SMILES string of the molecule is CCN(CC(=O)Nc1c(Cl)cccc1Cl)C(=O)c1ccc(N2CCCC2=O)cc1. The molecule has 0 radical (unpaired) electrons. The van der Waals surface area contributed by atoms with Crippen molar-refractivity contribution in [3.63, 3.8) is 0 Å². The van der Waals surface area contributed by atoms with Gasteiger partial charge in [-0.05, 0) is 49.7 Å². The average molecular weight is 434 g/mol. The third kappa shape index (κ3) is 4.89. The van der Waals surface area contributed by atoms with Crippen molar-refractivity contribution >= 4 is 52.3 Å². The summed E-state index contributed by atoms with van der Waals surface area (Å²) in [5.74, 6) is -0.573. The van der Waals surface area contributed by atoms with Crippen LogP contribution in [0.2, 0.25) is 10.0 Å². The van der Waals surface area contributed by atoms with Crippen molar-refractivity contribution < 1.29 is 14.4 Å². The zero-order chi connectivity index (χ0) is 21.0. The van der Waals surface area contributed by atoms with Crippen LogP contribution in [-0.4, -0.2) is 42.3 Å². The molecule has 0 saturated carbocycles. The fourth-order valence-electron chi connectivity index (χ4n) is 3.18. The highest BCUT2D eigenvalue weighted by atomic mass is 35.5. The molecule has 1 saturated heterocycles. The summed E-state index contributed by atoms with van der Waals surface area (Å²) in [5, 5.41) is 3.31. The van der Waals surface area contributed by atoms with E-state index in [0.717, 1.165) is 12.1 Å². The van der Waals surface area contributed by atoms with E-state index in [1.165, 1.54) is 4.90 Å². The van der Waals surface area contributed by atoms with Gasteiger partial charge in [-0.1, -0.05) is 29.3 Å². The minimum Gasteiger partial charge on any atom is -0.330 e. The number of nitrogens with one attached hydrogen (secondary N) is 1. The van der Waals surface area contributed by atoms with Gasteiger partial charge in [0.05, 0.1) is 15.7 Å². The molecular formula is C21H21Cl2N3O3. The van der Waals surface area contributed by atoms with Crippen LogP contribution in [0.4, 0.5) is 11.4 Å². The number of likely N-dealkylation sites (N-methyl/N-ethyl adjacent to an activating group) is 1. The van der Waals surface area contributed by atoms with E-state index in [9.17, 15) is 14.4 Å². The Morgan fingerprint density at radius 2 is 1.76 bits per heavy atom. The molecule has 3 rings (SSSR count). The van der Waals surface area contributed by atoms with Crippen LogP contribution in [0.25, 0.3) is 0 Å². The maximum absolute atomic E-state index is 12.8. The monoisotopic (exact) mass is 433 g/mol. The van der Waals surface area contributed by atoms with Crippen LogP contribution in [0.1, 0.15) is 30.1 Å². The summed E-state index contributed by atoms with van der Waals surface area (Å²) in [7, 11) is 0. The summed E-state index contributed by atoms with van der Waals surface area (Å²) < 4.78 is 0. The van der Waals surface area contributed by atoms with Gasteiger partial charge in [-0.25, -0.2) is 0 Å². The number of hydrogen-bond donors (Lipinski definition) is 1. The minimum atomic E-state index is -0.394. The molecule has 1 aliphatic rings. The molecule has 152 valence electrons. The smallest absolute Gasteiger partial charge is 0.254 e. The van der Waals surface area contributed by atoms with E-state index >= 15 is 0 Å². The first-order valence-corrected chi connectivity index (χ1v) is 10.1.